The number of imide groups is 1. The van der Waals surface area contributed by atoms with Crippen LogP contribution in [-0.4, -0.2) is 22.7 Å². The van der Waals surface area contributed by atoms with E-state index in [0.717, 1.165) is 31.0 Å². The van der Waals surface area contributed by atoms with Crippen molar-refractivity contribution in [2.45, 2.75) is 32.1 Å². The number of nitriles is 1. The number of hydrogen-bond donors (Lipinski definition) is 1. The minimum Gasteiger partial charge on any atom is -0.295 e. The third-order valence-electron chi connectivity index (χ3n) is 4.41. The SMILES string of the molecule is C=CCSC(=O)[C@@H]1C(=O)NC(=O)[C@H](C#N)C12CCCCC2. The summed E-state index contributed by atoms with van der Waals surface area (Å²) in [5.74, 6) is -2.51. The van der Waals surface area contributed by atoms with Gasteiger partial charge in [0.1, 0.15) is 11.8 Å². The Hall–Kier alpha value is -1.61. The Balaban J connectivity index is 2.39. The molecule has 1 saturated heterocycles. The van der Waals surface area contributed by atoms with Crippen molar-refractivity contribution in [2.24, 2.45) is 17.3 Å². The average molecular weight is 306 g/mol. The highest BCUT2D eigenvalue weighted by atomic mass is 32.2. The van der Waals surface area contributed by atoms with Crippen LogP contribution in [0.4, 0.5) is 0 Å². The fourth-order valence-corrected chi connectivity index (χ4v) is 4.29. The molecular formula is C15H18N2O3S. The Labute approximate surface area is 128 Å². The summed E-state index contributed by atoms with van der Waals surface area (Å²) in [5.41, 5.74) is -0.822. The monoisotopic (exact) mass is 306 g/mol. The van der Waals surface area contributed by atoms with E-state index in [1.54, 1.807) is 6.08 Å². The molecule has 1 spiro atoms. The maximum atomic E-state index is 12.4. The molecule has 21 heavy (non-hydrogen) atoms. The van der Waals surface area contributed by atoms with Gasteiger partial charge in [-0.05, 0) is 12.8 Å². The molecule has 0 aromatic rings. The highest BCUT2D eigenvalue weighted by Crippen LogP contribution is 2.51. The van der Waals surface area contributed by atoms with Crippen LogP contribution in [0.25, 0.3) is 0 Å². The van der Waals surface area contributed by atoms with Gasteiger partial charge >= 0.3 is 0 Å². The van der Waals surface area contributed by atoms with Gasteiger partial charge in [-0.3, -0.25) is 19.7 Å². The van der Waals surface area contributed by atoms with Crippen LogP contribution in [0, 0.1) is 28.6 Å². The first-order chi connectivity index (χ1) is 10.1. The van der Waals surface area contributed by atoms with Gasteiger partial charge in [0.25, 0.3) is 0 Å². The van der Waals surface area contributed by atoms with Crippen LogP contribution in [-0.2, 0) is 14.4 Å². The zero-order valence-electron chi connectivity index (χ0n) is 11.8. The molecule has 0 bridgehead atoms. The molecule has 1 aliphatic heterocycles. The van der Waals surface area contributed by atoms with Crippen LogP contribution in [0.1, 0.15) is 32.1 Å². The first-order valence-corrected chi connectivity index (χ1v) is 8.07. The Morgan fingerprint density at radius 3 is 2.62 bits per heavy atom. The largest absolute Gasteiger partial charge is 0.295 e. The molecule has 2 atom stereocenters. The summed E-state index contributed by atoms with van der Waals surface area (Å²) in [6, 6.07) is 2.03. The lowest BCUT2D eigenvalue weighted by Gasteiger charge is -2.46. The Morgan fingerprint density at radius 2 is 2.05 bits per heavy atom. The number of piperidine rings is 1. The molecule has 112 valence electrons. The van der Waals surface area contributed by atoms with E-state index in [1.165, 1.54) is 0 Å². The van der Waals surface area contributed by atoms with Gasteiger partial charge in [0.05, 0.1) is 6.07 Å². The maximum Gasteiger partial charge on any atom is 0.244 e. The van der Waals surface area contributed by atoms with Crippen LogP contribution in [0.15, 0.2) is 12.7 Å². The fraction of sp³-hybridized carbons (Fsp3) is 0.600. The van der Waals surface area contributed by atoms with Crippen molar-refractivity contribution >= 4 is 28.7 Å². The number of hydrogen-bond acceptors (Lipinski definition) is 5. The van der Waals surface area contributed by atoms with E-state index in [0.29, 0.717) is 18.6 Å². The van der Waals surface area contributed by atoms with Gasteiger partial charge in [-0.1, -0.05) is 37.1 Å². The molecule has 0 radical (unpaired) electrons. The second kappa shape index (κ2) is 6.44. The van der Waals surface area contributed by atoms with Crippen LogP contribution >= 0.6 is 11.8 Å². The lowest BCUT2D eigenvalue weighted by atomic mass is 9.57. The van der Waals surface area contributed by atoms with E-state index in [-0.39, 0.29) is 5.12 Å². The molecule has 2 rings (SSSR count). The summed E-state index contributed by atoms with van der Waals surface area (Å²) < 4.78 is 0. The van der Waals surface area contributed by atoms with Crippen molar-refractivity contribution in [1.29, 1.82) is 5.26 Å². The van der Waals surface area contributed by atoms with Crippen molar-refractivity contribution < 1.29 is 14.4 Å². The Kier molecular flexibility index (Phi) is 4.84. The van der Waals surface area contributed by atoms with E-state index >= 15 is 0 Å². The Bertz CT molecular complexity index is 518. The molecule has 1 N–H and O–H groups in total. The quantitative estimate of drug-likeness (QED) is 0.488. The minimum atomic E-state index is -0.922. The highest BCUT2D eigenvalue weighted by Gasteiger charge is 2.58. The molecule has 5 nitrogen and oxygen atoms in total. The standard InChI is InChI=1S/C15H18N2O3S/c1-2-8-21-14(20)11-13(19)17-12(18)10(9-16)15(11)6-4-3-5-7-15/h2,10-11H,1,3-8H2,(H,17,18,19)/t10-,11-/m0/s1. The van der Waals surface area contributed by atoms with Crippen molar-refractivity contribution in [3.05, 3.63) is 12.7 Å². The van der Waals surface area contributed by atoms with Gasteiger partial charge in [-0.2, -0.15) is 5.26 Å². The summed E-state index contributed by atoms with van der Waals surface area (Å²) in [4.78, 5) is 36.7. The number of amides is 2. The second-order valence-corrected chi connectivity index (χ2v) is 6.59. The van der Waals surface area contributed by atoms with E-state index < -0.39 is 29.1 Å². The number of carbonyl (C=O) groups excluding carboxylic acids is 3. The van der Waals surface area contributed by atoms with E-state index in [2.05, 4.69) is 11.9 Å². The topological polar surface area (TPSA) is 87.0 Å². The zero-order valence-corrected chi connectivity index (χ0v) is 12.6. The predicted octanol–water partition coefficient (Wildman–Crippen LogP) is 1.80. The van der Waals surface area contributed by atoms with Gasteiger partial charge in [0.15, 0.2) is 0 Å². The fourth-order valence-electron chi connectivity index (χ4n) is 3.50. The van der Waals surface area contributed by atoms with Gasteiger partial charge in [0.2, 0.25) is 16.9 Å². The first-order valence-electron chi connectivity index (χ1n) is 7.08. The van der Waals surface area contributed by atoms with Gasteiger partial charge in [0, 0.05) is 11.2 Å². The summed E-state index contributed by atoms with van der Waals surface area (Å²) in [6.07, 6.45) is 5.45. The second-order valence-electron chi connectivity index (χ2n) is 5.56. The van der Waals surface area contributed by atoms with Crippen molar-refractivity contribution in [3.63, 3.8) is 0 Å². The summed E-state index contributed by atoms with van der Waals surface area (Å²) in [6.45, 7) is 3.56. The molecule has 2 amide bonds. The van der Waals surface area contributed by atoms with Crippen LogP contribution in [0.2, 0.25) is 0 Å². The predicted molar refractivity (Wildman–Crippen MR) is 78.9 cm³/mol. The highest BCUT2D eigenvalue weighted by molar-refractivity contribution is 8.13. The molecule has 1 saturated carbocycles. The van der Waals surface area contributed by atoms with Gasteiger partial charge < -0.3 is 0 Å². The van der Waals surface area contributed by atoms with E-state index in [1.807, 2.05) is 6.07 Å². The number of rotatable bonds is 3. The van der Waals surface area contributed by atoms with E-state index in [4.69, 9.17) is 0 Å². The molecule has 0 aromatic carbocycles. The third-order valence-corrected chi connectivity index (χ3v) is 5.34. The van der Waals surface area contributed by atoms with Gasteiger partial charge in [-0.25, -0.2) is 0 Å². The lowest BCUT2D eigenvalue weighted by Crippen LogP contribution is -2.60. The number of carbonyl (C=O) groups is 3. The van der Waals surface area contributed by atoms with Crippen molar-refractivity contribution in [1.82, 2.24) is 5.32 Å². The number of nitrogens with one attached hydrogen (secondary N) is 1. The third kappa shape index (κ3) is 2.75. The van der Waals surface area contributed by atoms with Gasteiger partial charge in [-0.15, -0.1) is 6.58 Å². The lowest BCUT2D eigenvalue weighted by molar-refractivity contribution is -0.152. The van der Waals surface area contributed by atoms with Crippen LogP contribution in [0.3, 0.4) is 0 Å². The molecule has 1 aliphatic carbocycles. The Morgan fingerprint density at radius 1 is 1.38 bits per heavy atom. The summed E-state index contributed by atoms with van der Waals surface area (Å²) >= 11 is 1.03. The minimum absolute atomic E-state index is 0.262. The molecular weight excluding hydrogens is 288 g/mol. The normalized spacial score (nSPS) is 27.8. The molecule has 6 heteroatoms. The summed E-state index contributed by atoms with van der Waals surface area (Å²) in [5, 5.41) is 11.3. The van der Waals surface area contributed by atoms with Crippen molar-refractivity contribution in [3.8, 4) is 6.07 Å². The first kappa shape index (κ1) is 15.8. The summed E-state index contributed by atoms with van der Waals surface area (Å²) in [7, 11) is 0. The smallest absolute Gasteiger partial charge is 0.244 e. The van der Waals surface area contributed by atoms with E-state index in [9.17, 15) is 19.6 Å². The molecule has 2 fully saturated rings. The van der Waals surface area contributed by atoms with Crippen LogP contribution in [0.5, 0.6) is 0 Å². The molecule has 0 unspecified atom stereocenters. The zero-order chi connectivity index (χ0) is 15.5. The number of thioether (sulfide) groups is 1. The van der Waals surface area contributed by atoms with Crippen molar-refractivity contribution in [2.75, 3.05) is 5.75 Å². The van der Waals surface area contributed by atoms with Crippen LogP contribution < -0.4 is 5.32 Å². The average Bonchev–Trinajstić information content (AvgIpc) is 2.46. The number of nitrogens with zero attached hydrogens (tertiary/aromatic N) is 1. The molecule has 0 aromatic heterocycles. The molecule has 2 aliphatic rings. The molecule has 1 heterocycles. The maximum absolute atomic E-state index is 12.4.